The number of para-hydroxylation sites is 2. The summed E-state index contributed by atoms with van der Waals surface area (Å²) in [4.78, 5) is 10.1. The molecule has 0 saturated carbocycles. The third kappa shape index (κ3) is 7.39. The van der Waals surface area contributed by atoms with E-state index in [0.29, 0.717) is 28.1 Å². The van der Waals surface area contributed by atoms with Gasteiger partial charge in [-0.15, -0.1) is 23.8 Å². The molecule has 0 unspecified atom stereocenters. The van der Waals surface area contributed by atoms with E-state index < -0.39 is 6.85 Å². The molecule has 0 aliphatic carbocycles. The standard InChI is InChI=1S/C55H38N3O.Pt/c1-37-32-43(39-16-7-3-8-17-39)28-29-51(37)58-52-22-13-21-48(54(52)57-55(58)49-20-11-12-23-53(49)59)46-33-45(40-18-9-4-10-19-40)34-47(35-46)50-36-44(30-31-56-50)42-26-24-41(25-27-42)38-14-5-2-6-15-38;/h2-34,36,59H,1H3;/q-1;/i1D3;. The molecule has 290 valence electrons. The summed E-state index contributed by atoms with van der Waals surface area (Å²) in [5.74, 6) is 0.443. The Morgan fingerprint density at radius 3 is 1.73 bits per heavy atom. The average molecular weight is 955 g/mol. The summed E-state index contributed by atoms with van der Waals surface area (Å²) >= 11 is 0. The first-order valence-corrected chi connectivity index (χ1v) is 19.5. The van der Waals surface area contributed by atoms with Crippen molar-refractivity contribution < 1.29 is 30.3 Å². The van der Waals surface area contributed by atoms with Gasteiger partial charge < -0.3 is 5.11 Å². The van der Waals surface area contributed by atoms with Crippen molar-refractivity contribution in [3.63, 3.8) is 0 Å². The molecule has 0 atom stereocenters. The SMILES string of the molecule is [2H]C([2H])([2H])c1cc(-c2ccccc2)ccc1-n1c(-c2ccccc2O)nc2c(-c3[c-]c(-c4cc(-c5ccc(-c6ccccc6)cc5)ccn4)cc(-c4ccccc4)c3)cccc21.[Pt]. The van der Waals surface area contributed by atoms with Gasteiger partial charge in [-0.3, -0.25) is 9.55 Å². The Morgan fingerprint density at radius 1 is 0.500 bits per heavy atom. The second-order valence-electron chi connectivity index (χ2n) is 14.5. The fourth-order valence-corrected chi connectivity index (χ4v) is 7.84. The van der Waals surface area contributed by atoms with Crippen molar-refractivity contribution >= 4 is 11.0 Å². The van der Waals surface area contributed by atoms with Crippen LogP contribution < -0.4 is 0 Å². The van der Waals surface area contributed by atoms with Crippen LogP contribution in [-0.2, 0) is 21.1 Å². The zero-order valence-corrected chi connectivity index (χ0v) is 34.5. The van der Waals surface area contributed by atoms with Gasteiger partial charge in [0.2, 0.25) is 0 Å². The van der Waals surface area contributed by atoms with E-state index in [4.69, 9.17) is 14.1 Å². The van der Waals surface area contributed by atoms with E-state index in [9.17, 15) is 5.11 Å². The Morgan fingerprint density at radius 2 is 1.05 bits per heavy atom. The molecule has 0 spiro atoms. The third-order valence-electron chi connectivity index (χ3n) is 10.8. The van der Waals surface area contributed by atoms with Gasteiger partial charge in [0, 0.05) is 37.1 Å². The molecule has 5 heteroatoms. The van der Waals surface area contributed by atoms with Crippen LogP contribution in [0.3, 0.4) is 0 Å². The fourth-order valence-electron chi connectivity index (χ4n) is 7.84. The van der Waals surface area contributed by atoms with Crippen LogP contribution in [0.25, 0.3) is 95.0 Å². The minimum absolute atomic E-state index is 0. The molecule has 8 aromatic carbocycles. The number of hydrogen-bond acceptors (Lipinski definition) is 3. The van der Waals surface area contributed by atoms with Crippen molar-refractivity contribution in [2.24, 2.45) is 0 Å². The third-order valence-corrected chi connectivity index (χ3v) is 10.8. The molecule has 0 aliphatic rings. The van der Waals surface area contributed by atoms with Gasteiger partial charge >= 0.3 is 0 Å². The number of phenolic OH excluding ortho intramolecular Hbond substituents is 1. The summed E-state index contributed by atoms with van der Waals surface area (Å²) in [7, 11) is 0. The molecule has 0 saturated heterocycles. The van der Waals surface area contributed by atoms with Gasteiger partial charge in [0.05, 0.1) is 22.3 Å². The molecular formula is C55H38N3OPt-. The summed E-state index contributed by atoms with van der Waals surface area (Å²) in [6, 6.07) is 69.4. The minimum Gasteiger partial charge on any atom is -0.507 e. The minimum atomic E-state index is -2.47. The van der Waals surface area contributed by atoms with Crippen LogP contribution in [0.2, 0.25) is 0 Å². The van der Waals surface area contributed by atoms with Crippen LogP contribution in [0.5, 0.6) is 5.75 Å². The Kier molecular flexibility index (Phi) is 9.66. The van der Waals surface area contributed by atoms with Gasteiger partial charge in [0.15, 0.2) is 0 Å². The topological polar surface area (TPSA) is 50.9 Å². The first-order chi connectivity index (χ1) is 30.3. The second-order valence-corrected chi connectivity index (χ2v) is 14.5. The summed E-state index contributed by atoms with van der Waals surface area (Å²) < 4.78 is 28.1. The molecule has 2 heterocycles. The zero-order valence-electron chi connectivity index (χ0n) is 35.2. The van der Waals surface area contributed by atoms with Crippen molar-refractivity contribution in [3.8, 4) is 89.7 Å². The van der Waals surface area contributed by atoms with Crippen molar-refractivity contribution in [1.82, 2.24) is 14.5 Å². The maximum atomic E-state index is 11.3. The predicted molar refractivity (Wildman–Crippen MR) is 242 cm³/mol. The molecule has 0 aliphatic heterocycles. The molecule has 0 radical (unpaired) electrons. The van der Waals surface area contributed by atoms with E-state index in [-0.39, 0.29) is 32.4 Å². The van der Waals surface area contributed by atoms with Crippen molar-refractivity contribution in [1.29, 1.82) is 0 Å². The summed E-state index contributed by atoms with van der Waals surface area (Å²) in [6.45, 7) is -2.47. The molecule has 0 fully saturated rings. The van der Waals surface area contributed by atoms with Crippen LogP contribution in [-0.4, -0.2) is 19.6 Å². The van der Waals surface area contributed by atoms with E-state index in [1.54, 1.807) is 24.3 Å². The molecular weight excluding hydrogens is 914 g/mol. The normalized spacial score (nSPS) is 12.0. The average Bonchev–Trinajstić information content (AvgIpc) is 3.71. The van der Waals surface area contributed by atoms with Gasteiger partial charge in [-0.05, 0) is 87.8 Å². The van der Waals surface area contributed by atoms with Crippen molar-refractivity contribution in [2.75, 3.05) is 0 Å². The quantitative estimate of drug-likeness (QED) is 0.154. The molecule has 0 bridgehead atoms. The van der Waals surface area contributed by atoms with Gasteiger partial charge in [0.1, 0.15) is 11.6 Å². The Labute approximate surface area is 368 Å². The number of fused-ring (bicyclic) bond motifs is 1. The van der Waals surface area contributed by atoms with Crippen molar-refractivity contribution in [2.45, 2.75) is 6.85 Å². The number of rotatable bonds is 8. The summed E-state index contributed by atoms with van der Waals surface area (Å²) in [6.07, 6.45) is 1.84. The van der Waals surface area contributed by atoms with Gasteiger partial charge in [-0.1, -0.05) is 168 Å². The fraction of sp³-hybridized carbons (Fsp3) is 0.0182. The maximum absolute atomic E-state index is 11.3. The smallest absolute Gasteiger partial charge is 0.148 e. The largest absolute Gasteiger partial charge is 0.507 e. The molecule has 4 nitrogen and oxygen atoms in total. The number of nitrogens with zero attached hydrogens (tertiary/aromatic N) is 3. The number of benzene rings is 8. The van der Waals surface area contributed by atoms with E-state index in [1.807, 2.05) is 120 Å². The van der Waals surface area contributed by atoms with Gasteiger partial charge in [0.25, 0.3) is 0 Å². The van der Waals surface area contributed by atoms with Crippen LogP contribution >= 0.6 is 0 Å². The molecule has 60 heavy (non-hydrogen) atoms. The van der Waals surface area contributed by atoms with E-state index in [1.165, 1.54) is 5.56 Å². The molecule has 0 amide bonds. The molecule has 2 aromatic heterocycles. The van der Waals surface area contributed by atoms with Gasteiger partial charge in [-0.25, -0.2) is 4.98 Å². The number of aromatic hydroxyl groups is 1. The summed E-state index contributed by atoms with van der Waals surface area (Å²) in [5.41, 5.74) is 13.7. The first-order valence-electron chi connectivity index (χ1n) is 21.0. The first kappa shape index (κ1) is 34.9. The number of imidazole rings is 1. The second kappa shape index (κ2) is 16.6. The van der Waals surface area contributed by atoms with Crippen molar-refractivity contribution in [3.05, 3.63) is 218 Å². The monoisotopic (exact) mass is 954 g/mol. The van der Waals surface area contributed by atoms with E-state index in [2.05, 4.69) is 72.8 Å². The molecule has 10 rings (SSSR count). The predicted octanol–water partition coefficient (Wildman–Crippen LogP) is 13.9. The van der Waals surface area contributed by atoms with Gasteiger partial charge in [-0.2, -0.15) is 0 Å². The van der Waals surface area contributed by atoms with Crippen LogP contribution in [0.15, 0.2) is 206 Å². The number of phenols is 1. The summed E-state index contributed by atoms with van der Waals surface area (Å²) in [5, 5.41) is 11.3. The molecule has 1 N–H and O–H groups in total. The Bertz CT molecular complexity index is 3220. The van der Waals surface area contributed by atoms with Crippen LogP contribution in [0.1, 0.15) is 9.68 Å². The Hall–Kier alpha value is -7.13. The molecule has 10 aromatic rings. The zero-order chi connectivity index (χ0) is 42.2. The van der Waals surface area contributed by atoms with Crippen LogP contribution in [0.4, 0.5) is 0 Å². The number of aryl methyl sites for hydroxylation is 1. The number of hydrogen-bond donors (Lipinski definition) is 1. The Balaban J connectivity index is 0.00000504. The van der Waals surface area contributed by atoms with Crippen LogP contribution in [0, 0.1) is 12.9 Å². The van der Waals surface area contributed by atoms with E-state index >= 15 is 0 Å². The number of pyridine rings is 1. The maximum Gasteiger partial charge on any atom is 0.148 e. The van der Waals surface area contributed by atoms with E-state index in [0.717, 1.165) is 61.3 Å². The number of aromatic nitrogens is 3.